The molecule has 0 radical (unpaired) electrons. The molecule has 8 atom stereocenters. The van der Waals surface area contributed by atoms with Crippen molar-refractivity contribution in [2.75, 3.05) is 6.61 Å². The average Bonchev–Trinajstić information content (AvgIpc) is 2.96. The predicted octanol–water partition coefficient (Wildman–Crippen LogP) is 4.07. The summed E-state index contributed by atoms with van der Waals surface area (Å²) < 4.78 is 5.63. The minimum Gasteiger partial charge on any atom is -0.465 e. The molecule has 0 spiro atoms. The van der Waals surface area contributed by atoms with E-state index < -0.39 is 0 Å². The second kappa shape index (κ2) is 6.51. The van der Waals surface area contributed by atoms with Gasteiger partial charge in [0.25, 0.3) is 0 Å². The standard InChI is InChI=1S/C22H33NO3/c1-14(24)26-13-22-10-7-17(25)11-15(22)3-5-18-19-6-4-16(12-23)21(19,2)9-8-20(18)22/h15-20,25H,3-11,13H2,1-2H3. The van der Waals surface area contributed by atoms with Gasteiger partial charge in [0.05, 0.1) is 24.7 Å². The number of ether oxygens (including phenoxy) is 1. The van der Waals surface area contributed by atoms with Crippen LogP contribution in [-0.4, -0.2) is 23.8 Å². The van der Waals surface area contributed by atoms with Crippen molar-refractivity contribution in [2.24, 2.45) is 40.4 Å². The number of fused-ring (bicyclic) bond motifs is 5. The first-order chi connectivity index (χ1) is 12.4. The third-order valence-corrected chi connectivity index (χ3v) is 9.04. The summed E-state index contributed by atoms with van der Waals surface area (Å²) in [7, 11) is 0. The van der Waals surface area contributed by atoms with Crippen molar-refractivity contribution in [1.82, 2.24) is 0 Å². The molecule has 0 bridgehead atoms. The molecule has 0 aromatic carbocycles. The van der Waals surface area contributed by atoms with Crippen LogP contribution in [0.15, 0.2) is 0 Å². The Morgan fingerprint density at radius 2 is 1.96 bits per heavy atom. The third kappa shape index (κ3) is 2.61. The minimum absolute atomic E-state index is 0.0554. The summed E-state index contributed by atoms with van der Waals surface area (Å²) in [6, 6.07) is 2.61. The van der Waals surface area contributed by atoms with E-state index in [0.717, 1.165) is 44.9 Å². The van der Waals surface area contributed by atoms with E-state index in [4.69, 9.17) is 4.74 Å². The zero-order valence-electron chi connectivity index (χ0n) is 16.2. The molecular weight excluding hydrogens is 326 g/mol. The lowest BCUT2D eigenvalue weighted by molar-refractivity contribution is -0.173. The molecule has 4 aliphatic carbocycles. The summed E-state index contributed by atoms with van der Waals surface area (Å²) in [6.45, 7) is 4.41. The Hall–Kier alpha value is -1.08. The molecule has 8 unspecified atom stereocenters. The van der Waals surface area contributed by atoms with Crippen LogP contribution in [0.3, 0.4) is 0 Å². The molecule has 26 heavy (non-hydrogen) atoms. The summed E-state index contributed by atoms with van der Waals surface area (Å²) in [5.74, 6) is 2.40. The molecule has 0 saturated heterocycles. The maximum Gasteiger partial charge on any atom is 0.302 e. The Morgan fingerprint density at radius 3 is 2.69 bits per heavy atom. The Balaban J connectivity index is 1.64. The molecule has 4 heteroatoms. The molecule has 4 aliphatic rings. The quantitative estimate of drug-likeness (QED) is 0.754. The first-order valence-electron chi connectivity index (χ1n) is 10.6. The third-order valence-electron chi connectivity index (χ3n) is 9.04. The van der Waals surface area contributed by atoms with Gasteiger partial charge in [-0.25, -0.2) is 0 Å². The van der Waals surface area contributed by atoms with E-state index in [1.165, 1.54) is 19.8 Å². The minimum atomic E-state index is -0.190. The Morgan fingerprint density at radius 1 is 1.15 bits per heavy atom. The fourth-order valence-corrected chi connectivity index (χ4v) is 7.76. The zero-order valence-corrected chi connectivity index (χ0v) is 16.2. The van der Waals surface area contributed by atoms with Gasteiger partial charge in [-0.2, -0.15) is 5.26 Å². The van der Waals surface area contributed by atoms with Gasteiger partial charge in [0.15, 0.2) is 0 Å². The molecule has 0 aromatic rings. The monoisotopic (exact) mass is 359 g/mol. The largest absolute Gasteiger partial charge is 0.465 e. The highest BCUT2D eigenvalue weighted by atomic mass is 16.5. The van der Waals surface area contributed by atoms with Crippen molar-refractivity contribution in [3.63, 3.8) is 0 Å². The van der Waals surface area contributed by atoms with Gasteiger partial charge < -0.3 is 9.84 Å². The van der Waals surface area contributed by atoms with Crippen LogP contribution >= 0.6 is 0 Å². The highest BCUT2D eigenvalue weighted by Crippen LogP contribution is 2.67. The molecule has 0 aliphatic heterocycles. The molecule has 144 valence electrons. The number of esters is 1. The fourth-order valence-electron chi connectivity index (χ4n) is 7.76. The van der Waals surface area contributed by atoms with Crippen molar-refractivity contribution in [3.8, 4) is 6.07 Å². The zero-order chi connectivity index (χ0) is 18.5. The number of aliphatic hydroxyl groups is 1. The molecule has 4 rings (SSSR count). The van der Waals surface area contributed by atoms with Crippen LogP contribution < -0.4 is 0 Å². The van der Waals surface area contributed by atoms with Gasteiger partial charge in [-0.1, -0.05) is 6.92 Å². The second-order valence-electron chi connectivity index (χ2n) is 9.90. The van der Waals surface area contributed by atoms with E-state index in [1.807, 2.05) is 0 Å². The highest BCUT2D eigenvalue weighted by Gasteiger charge is 2.62. The van der Waals surface area contributed by atoms with Gasteiger partial charge >= 0.3 is 5.97 Å². The van der Waals surface area contributed by atoms with E-state index in [0.29, 0.717) is 30.3 Å². The van der Waals surface area contributed by atoms with E-state index in [-0.39, 0.29) is 28.8 Å². The number of aliphatic hydroxyl groups excluding tert-OH is 1. The average molecular weight is 360 g/mol. The van der Waals surface area contributed by atoms with E-state index in [1.54, 1.807) is 0 Å². The smallest absolute Gasteiger partial charge is 0.302 e. The Labute approximate surface area is 157 Å². The van der Waals surface area contributed by atoms with Crippen LogP contribution in [0, 0.1) is 51.8 Å². The van der Waals surface area contributed by atoms with E-state index in [2.05, 4.69) is 13.0 Å². The molecule has 0 amide bonds. The first kappa shape index (κ1) is 18.3. The Kier molecular flexibility index (Phi) is 4.58. The van der Waals surface area contributed by atoms with Gasteiger partial charge in [-0.05, 0) is 86.9 Å². The number of carbonyl (C=O) groups excluding carboxylic acids is 1. The molecule has 4 fully saturated rings. The summed E-state index contributed by atoms with van der Waals surface area (Å²) in [5, 5.41) is 19.9. The normalized spacial score (nSPS) is 50.1. The summed E-state index contributed by atoms with van der Waals surface area (Å²) in [6.07, 6.45) is 9.40. The highest BCUT2D eigenvalue weighted by molar-refractivity contribution is 5.65. The van der Waals surface area contributed by atoms with Gasteiger partial charge in [-0.3, -0.25) is 4.79 Å². The van der Waals surface area contributed by atoms with Crippen LogP contribution in [0.1, 0.15) is 71.6 Å². The molecule has 4 saturated carbocycles. The van der Waals surface area contributed by atoms with Gasteiger partial charge in [0, 0.05) is 12.3 Å². The van der Waals surface area contributed by atoms with Crippen LogP contribution in [-0.2, 0) is 9.53 Å². The SMILES string of the molecule is CC(=O)OCC12CCC(O)CC1CCC1C3CCC(C#N)C3(C)CCC12. The topological polar surface area (TPSA) is 70.3 Å². The van der Waals surface area contributed by atoms with Crippen LogP contribution in [0.25, 0.3) is 0 Å². The molecular formula is C22H33NO3. The number of nitriles is 1. The summed E-state index contributed by atoms with van der Waals surface area (Å²) >= 11 is 0. The van der Waals surface area contributed by atoms with Gasteiger partial charge in [0.1, 0.15) is 0 Å². The number of nitrogens with zero attached hydrogens (tertiary/aromatic N) is 1. The fraction of sp³-hybridized carbons (Fsp3) is 0.909. The lowest BCUT2D eigenvalue weighted by atomic mass is 9.44. The van der Waals surface area contributed by atoms with Crippen molar-refractivity contribution in [3.05, 3.63) is 0 Å². The first-order valence-corrected chi connectivity index (χ1v) is 10.6. The van der Waals surface area contributed by atoms with Gasteiger partial charge in [0.2, 0.25) is 0 Å². The summed E-state index contributed by atoms with van der Waals surface area (Å²) in [4.78, 5) is 11.6. The van der Waals surface area contributed by atoms with Crippen LogP contribution in [0.2, 0.25) is 0 Å². The maximum absolute atomic E-state index is 11.6. The van der Waals surface area contributed by atoms with Crippen molar-refractivity contribution < 1.29 is 14.6 Å². The molecule has 0 heterocycles. The predicted molar refractivity (Wildman–Crippen MR) is 97.8 cm³/mol. The van der Waals surface area contributed by atoms with Crippen molar-refractivity contribution in [2.45, 2.75) is 77.7 Å². The molecule has 1 N–H and O–H groups in total. The lowest BCUT2D eigenvalue weighted by Crippen LogP contribution is -2.57. The maximum atomic E-state index is 11.6. The molecule has 4 nitrogen and oxygen atoms in total. The lowest BCUT2D eigenvalue weighted by Gasteiger charge is -2.61. The number of carbonyl (C=O) groups is 1. The van der Waals surface area contributed by atoms with E-state index in [9.17, 15) is 15.2 Å². The number of rotatable bonds is 2. The second-order valence-corrected chi connectivity index (χ2v) is 9.90. The Bertz CT molecular complexity index is 613. The van der Waals surface area contributed by atoms with Crippen LogP contribution in [0.5, 0.6) is 0 Å². The van der Waals surface area contributed by atoms with Gasteiger partial charge in [-0.15, -0.1) is 0 Å². The summed E-state index contributed by atoms with van der Waals surface area (Å²) in [5.41, 5.74) is 0.236. The molecule has 0 aromatic heterocycles. The number of hydrogen-bond donors (Lipinski definition) is 1. The van der Waals surface area contributed by atoms with Crippen LogP contribution in [0.4, 0.5) is 0 Å². The number of hydrogen-bond acceptors (Lipinski definition) is 4. The van der Waals surface area contributed by atoms with Crippen molar-refractivity contribution in [1.29, 1.82) is 5.26 Å². The van der Waals surface area contributed by atoms with Crippen molar-refractivity contribution >= 4 is 5.97 Å². The van der Waals surface area contributed by atoms with E-state index >= 15 is 0 Å².